The third kappa shape index (κ3) is 8.02. The molecule has 0 aromatic rings. The Morgan fingerprint density at radius 3 is 2.43 bits per heavy atom. The van der Waals surface area contributed by atoms with Crippen LogP contribution in [0.4, 0.5) is 0 Å². The summed E-state index contributed by atoms with van der Waals surface area (Å²) in [6, 6.07) is 2.08. The van der Waals surface area contributed by atoms with Gasteiger partial charge in [-0.25, -0.2) is 8.42 Å². The van der Waals surface area contributed by atoms with Gasteiger partial charge < -0.3 is 4.90 Å². The van der Waals surface area contributed by atoms with Crippen LogP contribution in [0.15, 0.2) is 0 Å². The lowest BCUT2D eigenvalue weighted by molar-refractivity contribution is 0.296. The molecular formula is C9H18N2O2S. The van der Waals surface area contributed by atoms with E-state index in [-0.39, 0.29) is 5.75 Å². The van der Waals surface area contributed by atoms with Crippen LogP contribution in [0, 0.1) is 11.3 Å². The highest BCUT2D eigenvalue weighted by Gasteiger charge is 2.05. The van der Waals surface area contributed by atoms with Gasteiger partial charge in [-0.3, -0.25) is 0 Å². The average molecular weight is 218 g/mol. The molecule has 0 fully saturated rings. The lowest BCUT2D eigenvalue weighted by atomic mass is 10.3. The van der Waals surface area contributed by atoms with Crippen LogP contribution in [0.2, 0.25) is 0 Å². The van der Waals surface area contributed by atoms with E-state index >= 15 is 0 Å². The Bertz CT molecular complexity index is 280. The monoisotopic (exact) mass is 218 g/mol. The van der Waals surface area contributed by atoms with E-state index in [9.17, 15) is 8.42 Å². The summed E-state index contributed by atoms with van der Waals surface area (Å²) in [4.78, 5) is 2.09. The fourth-order valence-electron chi connectivity index (χ4n) is 1.19. The van der Waals surface area contributed by atoms with Crippen LogP contribution >= 0.6 is 0 Å². The number of sulfone groups is 1. The minimum atomic E-state index is -2.84. The highest BCUT2D eigenvalue weighted by molar-refractivity contribution is 7.90. The van der Waals surface area contributed by atoms with Gasteiger partial charge in [-0.2, -0.15) is 5.26 Å². The molecule has 0 aliphatic rings. The third-order valence-corrected chi connectivity index (χ3v) is 3.01. The van der Waals surface area contributed by atoms with Crippen molar-refractivity contribution in [1.29, 1.82) is 5.26 Å². The van der Waals surface area contributed by atoms with Gasteiger partial charge in [-0.1, -0.05) is 6.92 Å². The molecule has 5 heteroatoms. The first-order valence-corrected chi connectivity index (χ1v) is 6.82. The molecule has 0 radical (unpaired) electrons. The molecule has 0 amide bonds. The molecule has 0 aliphatic carbocycles. The van der Waals surface area contributed by atoms with E-state index in [0.717, 1.165) is 19.6 Å². The van der Waals surface area contributed by atoms with Crippen LogP contribution in [-0.4, -0.2) is 45.0 Å². The van der Waals surface area contributed by atoms with Crippen LogP contribution in [0.5, 0.6) is 0 Å². The van der Waals surface area contributed by atoms with Crippen molar-refractivity contribution < 1.29 is 8.42 Å². The quantitative estimate of drug-likeness (QED) is 0.629. The summed E-state index contributed by atoms with van der Waals surface area (Å²) in [6.07, 6.45) is 2.41. The molecule has 0 atom stereocenters. The van der Waals surface area contributed by atoms with Gasteiger partial charge in [0.05, 0.1) is 11.8 Å². The Morgan fingerprint density at radius 2 is 2.00 bits per heavy atom. The molecule has 0 bridgehead atoms. The van der Waals surface area contributed by atoms with Crippen molar-refractivity contribution >= 4 is 9.84 Å². The van der Waals surface area contributed by atoms with Crippen molar-refractivity contribution in [3.05, 3.63) is 0 Å². The van der Waals surface area contributed by atoms with Crippen LogP contribution in [0.3, 0.4) is 0 Å². The van der Waals surface area contributed by atoms with E-state index in [1.807, 2.05) is 6.92 Å². The molecular weight excluding hydrogens is 200 g/mol. The van der Waals surface area contributed by atoms with Crippen molar-refractivity contribution in [2.45, 2.75) is 19.8 Å². The Balaban J connectivity index is 3.69. The van der Waals surface area contributed by atoms with Crippen molar-refractivity contribution in [3.8, 4) is 6.07 Å². The van der Waals surface area contributed by atoms with Gasteiger partial charge in [-0.15, -0.1) is 0 Å². The number of nitrogens with zero attached hydrogens (tertiary/aromatic N) is 2. The first-order chi connectivity index (χ1) is 6.49. The highest BCUT2D eigenvalue weighted by Crippen LogP contribution is 1.96. The van der Waals surface area contributed by atoms with Gasteiger partial charge in [0.1, 0.15) is 9.84 Å². The lowest BCUT2D eigenvalue weighted by Crippen LogP contribution is -2.26. The molecule has 0 rings (SSSR count). The zero-order valence-corrected chi connectivity index (χ0v) is 9.68. The molecule has 0 saturated carbocycles. The molecule has 0 unspecified atom stereocenters. The molecule has 0 spiro atoms. The fraction of sp³-hybridized carbons (Fsp3) is 0.889. The molecule has 0 heterocycles. The molecule has 14 heavy (non-hydrogen) atoms. The second-order valence-corrected chi connectivity index (χ2v) is 5.59. The van der Waals surface area contributed by atoms with E-state index in [1.54, 1.807) is 0 Å². The molecule has 0 N–H and O–H groups in total. The summed E-state index contributed by atoms with van der Waals surface area (Å²) in [5.74, 6) is 0.232. The van der Waals surface area contributed by atoms with Crippen molar-refractivity contribution in [1.82, 2.24) is 4.90 Å². The SMILES string of the molecule is CCN(CCC#N)CCCS(C)(=O)=O. The fourth-order valence-corrected chi connectivity index (χ4v) is 1.84. The Hall–Kier alpha value is -0.600. The third-order valence-electron chi connectivity index (χ3n) is 1.98. The predicted octanol–water partition coefficient (Wildman–Crippen LogP) is 0.657. The zero-order chi connectivity index (χ0) is 11.0. The number of hydrogen-bond acceptors (Lipinski definition) is 4. The van der Waals surface area contributed by atoms with Crippen molar-refractivity contribution in [2.24, 2.45) is 0 Å². The Kier molecular flexibility index (Phi) is 6.50. The average Bonchev–Trinajstić information content (AvgIpc) is 2.09. The maximum Gasteiger partial charge on any atom is 0.147 e. The van der Waals surface area contributed by atoms with Crippen LogP contribution in [0.25, 0.3) is 0 Å². The van der Waals surface area contributed by atoms with Gasteiger partial charge in [0.2, 0.25) is 0 Å². The lowest BCUT2D eigenvalue weighted by Gasteiger charge is -2.18. The largest absolute Gasteiger partial charge is 0.303 e. The van der Waals surface area contributed by atoms with Gasteiger partial charge >= 0.3 is 0 Å². The molecule has 4 nitrogen and oxygen atoms in total. The Morgan fingerprint density at radius 1 is 1.36 bits per heavy atom. The normalized spacial score (nSPS) is 11.6. The number of hydrogen-bond donors (Lipinski definition) is 0. The summed E-state index contributed by atoms with van der Waals surface area (Å²) in [6.45, 7) is 4.37. The van der Waals surface area contributed by atoms with E-state index in [0.29, 0.717) is 12.8 Å². The van der Waals surface area contributed by atoms with Gasteiger partial charge in [0.15, 0.2) is 0 Å². The summed E-state index contributed by atoms with van der Waals surface area (Å²) in [5, 5.41) is 8.39. The van der Waals surface area contributed by atoms with E-state index in [4.69, 9.17) is 5.26 Å². The topological polar surface area (TPSA) is 61.2 Å². The Labute approximate surface area is 86.4 Å². The summed E-state index contributed by atoms with van der Waals surface area (Å²) in [7, 11) is -2.84. The van der Waals surface area contributed by atoms with Crippen molar-refractivity contribution in [2.75, 3.05) is 31.6 Å². The van der Waals surface area contributed by atoms with E-state index < -0.39 is 9.84 Å². The molecule has 0 aromatic carbocycles. The number of rotatable bonds is 7. The standard InChI is InChI=1S/C9H18N2O2S/c1-3-11(7-4-6-10)8-5-9-14(2,12)13/h3-5,7-9H2,1-2H3. The maximum atomic E-state index is 10.8. The molecule has 0 saturated heterocycles. The second kappa shape index (κ2) is 6.80. The summed E-state index contributed by atoms with van der Waals surface area (Å²) in [5.41, 5.74) is 0. The van der Waals surface area contributed by atoms with Gasteiger partial charge in [-0.05, 0) is 19.5 Å². The van der Waals surface area contributed by atoms with E-state index in [1.165, 1.54) is 6.26 Å². The van der Waals surface area contributed by atoms with Gasteiger partial charge in [0, 0.05) is 19.2 Å². The first-order valence-electron chi connectivity index (χ1n) is 4.76. The van der Waals surface area contributed by atoms with Gasteiger partial charge in [0.25, 0.3) is 0 Å². The smallest absolute Gasteiger partial charge is 0.147 e. The van der Waals surface area contributed by atoms with E-state index in [2.05, 4.69) is 11.0 Å². The zero-order valence-electron chi connectivity index (χ0n) is 8.86. The van der Waals surface area contributed by atoms with Crippen molar-refractivity contribution in [3.63, 3.8) is 0 Å². The van der Waals surface area contributed by atoms with Crippen LogP contribution in [-0.2, 0) is 9.84 Å². The second-order valence-electron chi connectivity index (χ2n) is 3.33. The highest BCUT2D eigenvalue weighted by atomic mass is 32.2. The van der Waals surface area contributed by atoms with Crippen LogP contribution < -0.4 is 0 Å². The summed E-state index contributed by atoms with van der Waals surface area (Å²) < 4.78 is 21.7. The minimum Gasteiger partial charge on any atom is -0.303 e. The molecule has 0 aliphatic heterocycles. The first kappa shape index (κ1) is 13.4. The minimum absolute atomic E-state index is 0.232. The summed E-state index contributed by atoms with van der Waals surface area (Å²) >= 11 is 0. The molecule has 0 aromatic heterocycles. The maximum absolute atomic E-state index is 10.8. The van der Waals surface area contributed by atoms with Crippen LogP contribution in [0.1, 0.15) is 19.8 Å². The molecule has 82 valence electrons. The predicted molar refractivity (Wildman–Crippen MR) is 56.7 cm³/mol. The number of nitriles is 1.